The van der Waals surface area contributed by atoms with Crippen LogP contribution in [0.2, 0.25) is 5.02 Å². The van der Waals surface area contributed by atoms with Crippen molar-refractivity contribution in [3.63, 3.8) is 0 Å². The monoisotopic (exact) mass is 293 g/mol. The van der Waals surface area contributed by atoms with Crippen molar-refractivity contribution in [2.45, 2.75) is 19.9 Å². The Kier molecular flexibility index (Phi) is 4.79. The first-order valence-electron chi connectivity index (χ1n) is 6.51. The predicted molar refractivity (Wildman–Crippen MR) is 81.4 cm³/mol. The molecule has 0 amide bonds. The van der Waals surface area contributed by atoms with Crippen molar-refractivity contribution in [3.8, 4) is 0 Å². The first kappa shape index (κ1) is 14.6. The SMILES string of the molecule is CCCN(Cc1ccccc1N)c1ncc(Cl)cc1F. The molecule has 2 rings (SSSR count). The van der Waals surface area contributed by atoms with Crippen LogP contribution < -0.4 is 10.6 Å². The quantitative estimate of drug-likeness (QED) is 0.851. The Morgan fingerprint density at radius 2 is 2.10 bits per heavy atom. The van der Waals surface area contributed by atoms with Crippen molar-refractivity contribution in [3.05, 3.63) is 52.9 Å². The summed E-state index contributed by atoms with van der Waals surface area (Å²) in [5.74, 6) is -0.111. The highest BCUT2D eigenvalue weighted by Gasteiger charge is 2.14. The number of benzene rings is 1. The molecule has 1 aromatic carbocycles. The molecule has 0 saturated heterocycles. The molecule has 20 heavy (non-hydrogen) atoms. The van der Waals surface area contributed by atoms with Gasteiger partial charge in [0.25, 0.3) is 0 Å². The number of nitrogens with zero attached hydrogens (tertiary/aromatic N) is 2. The molecule has 0 radical (unpaired) electrons. The van der Waals surface area contributed by atoms with Gasteiger partial charge in [0.15, 0.2) is 11.6 Å². The van der Waals surface area contributed by atoms with Gasteiger partial charge in [-0.1, -0.05) is 36.7 Å². The Morgan fingerprint density at radius 3 is 2.75 bits per heavy atom. The van der Waals surface area contributed by atoms with Crippen LogP contribution in [0.5, 0.6) is 0 Å². The van der Waals surface area contributed by atoms with E-state index < -0.39 is 5.82 Å². The van der Waals surface area contributed by atoms with Crippen LogP contribution in [0.1, 0.15) is 18.9 Å². The number of anilines is 2. The summed E-state index contributed by atoms with van der Waals surface area (Å²) in [7, 11) is 0. The third kappa shape index (κ3) is 3.39. The number of nitrogens with two attached hydrogens (primary N) is 1. The average Bonchev–Trinajstić information content (AvgIpc) is 2.41. The predicted octanol–water partition coefficient (Wildman–Crippen LogP) is 3.87. The molecule has 2 aromatic rings. The largest absolute Gasteiger partial charge is 0.398 e. The summed E-state index contributed by atoms with van der Waals surface area (Å²) in [6.07, 6.45) is 2.34. The van der Waals surface area contributed by atoms with E-state index in [1.54, 1.807) is 0 Å². The Hall–Kier alpha value is -1.81. The fourth-order valence-corrected chi connectivity index (χ4v) is 2.20. The van der Waals surface area contributed by atoms with Gasteiger partial charge in [0.1, 0.15) is 0 Å². The number of aromatic nitrogens is 1. The molecule has 0 fully saturated rings. The van der Waals surface area contributed by atoms with Gasteiger partial charge in [-0.2, -0.15) is 0 Å². The third-order valence-electron chi connectivity index (χ3n) is 3.00. The normalized spacial score (nSPS) is 10.6. The number of hydrogen-bond donors (Lipinski definition) is 1. The summed E-state index contributed by atoms with van der Waals surface area (Å²) in [5, 5.41) is 0.293. The van der Waals surface area contributed by atoms with Crippen LogP contribution in [0, 0.1) is 5.82 Å². The van der Waals surface area contributed by atoms with E-state index in [0.29, 0.717) is 29.6 Å². The number of pyridine rings is 1. The first-order chi connectivity index (χ1) is 9.61. The molecule has 5 heteroatoms. The number of rotatable bonds is 5. The Morgan fingerprint density at radius 1 is 1.35 bits per heavy atom. The molecule has 0 unspecified atom stereocenters. The number of nitrogen functional groups attached to an aromatic ring is 1. The summed E-state index contributed by atoms with van der Waals surface area (Å²) < 4.78 is 14.0. The van der Waals surface area contributed by atoms with E-state index in [-0.39, 0.29) is 0 Å². The van der Waals surface area contributed by atoms with Crippen LogP contribution in [0.25, 0.3) is 0 Å². The molecule has 0 atom stereocenters. The number of halogens is 2. The van der Waals surface area contributed by atoms with E-state index in [9.17, 15) is 4.39 Å². The maximum absolute atomic E-state index is 14.0. The molecular formula is C15H17ClFN3. The van der Waals surface area contributed by atoms with E-state index >= 15 is 0 Å². The summed E-state index contributed by atoms with van der Waals surface area (Å²) >= 11 is 5.74. The van der Waals surface area contributed by atoms with Gasteiger partial charge in [0.05, 0.1) is 5.02 Å². The van der Waals surface area contributed by atoms with Gasteiger partial charge in [-0.05, 0) is 24.1 Å². The van der Waals surface area contributed by atoms with Gasteiger partial charge in [0, 0.05) is 25.0 Å². The van der Waals surface area contributed by atoms with Gasteiger partial charge in [-0.15, -0.1) is 0 Å². The summed E-state index contributed by atoms with van der Waals surface area (Å²) in [6.45, 7) is 3.25. The topological polar surface area (TPSA) is 42.1 Å². The molecule has 2 N–H and O–H groups in total. The maximum atomic E-state index is 14.0. The van der Waals surface area contributed by atoms with Crippen LogP contribution in [0.4, 0.5) is 15.9 Å². The van der Waals surface area contributed by atoms with Crippen molar-refractivity contribution in [1.82, 2.24) is 4.98 Å². The van der Waals surface area contributed by atoms with Crippen LogP contribution >= 0.6 is 11.6 Å². The first-order valence-corrected chi connectivity index (χ1v) is 6.89. The van der Waals surface area contributed by atoms with Crippen LogP contribution in [0.3, 0.4) is 0 Å². The molecular weight excluding hydrogens is 277 g/mol. The molecule has 0 aliphatic heterocycles. The van der Waals surface area contributed by atoms with Crippen molar-refractivity contribution in [2.75, 3.05) is 17.2 Å². The van der Waals surface area contributed by atoms with Gasteiger partial charge in [0.2, 0.25) is 0 Å². The second kappa shape index (κ2) is 6.57. The van der Waals surface area contributed by atoms with Gasteiger partial charge >= 0.3 is 0 Å². The fourth-order valence-electron chi connectivity index (χ4n) is 2.05. The Balaban J connectivity index is 2.29. The average molecular weight is 294 g/mol. The van der Waals surface area contributed by atoms with E-state index in [2.05, 4.69) is 4.98 Å². The fraction of sp³-hybridized carbons (Fsp3) is 0.267. The lowest BCUT2D eigenvalue weighted by molar-refractivity contribution is 0.605. The zero-order valence-electron chi connectivity index (χ0n) is 11.3. The van der Waals surface area contributed by atoms with E-state index in [4.69, 9.17) is 17.3 Å². The zero-order chi connectivity index (χ0) is 14.5. The highest BCUT2D eigenvalue weighted by Crippen LogP contribution is 2.23. The standard InChI is InChI=1S/C15H17ClFN3/c1-2-7-20(10-11-5-3-4-6-14(11)18)15-13(17)8-12(16)9-19-15/h3-6,8-9H,2,7,10,18H2,1H3. The minimum Gasteiger partial charge on any atom is -0.398 e. The molecule has 106 valence electrons. The molecule has 0 spiro atoms. The second-order valence-electron chi connectivity index (χ2n) is 4.58. The van der Waals surface area contributed by atoms with Crippen molar-refractivity contribution < 1.29 is 4.39 Å². The van der Waals surface area contributed by atoms with Crippen molar-refractivity contribution in [2.24, 2.45) is 0 Å². The molecule has 1 aromatic heterocycles. The lowest BCUT2D eigenvalue weighted by Gasteiger charge is -2.24. The number of para-hydroxylation sites is 1. The molecule has 0 saturated carbocycles. The maximum Gasteiger partial charge on any atom is 0.167 e. The highest BCUT2D eigenvalue weighted by atomic mass is 35.5. The van der Waals surface area contributed by atoms with Crippen LogP contribution in [-0.4, -0.2) is 11.5 Å². The van der Waals surface area contributed by atoms with Crippen LogP contribution in [-0.2, 0) is 6.54 Å². The Bertz CT molecular complexity index is 589. The van der Waals surface area contributed by atoms with Crippen LogP contribution in [0.15, 0.2) is 36.5 Å². The van der Waals surface area contributed by atoms with Gasteiger partial charge in [-0.3, -0.25) is 0 Å². The van der Waals surface area contributed by atoms with Gasteiger partial charge in [-0.25, -0.2) is 9.37 Å². The molecule has 0 aliphatic rings. The summed E-state index contributed by atoms with van der Waals surface area (Å²) in [5.41, 5.74) is 7.60. The van der Waals surface area contributed by atoms with E-state index in [0.717, 1.165) is 12.0 Å². The Labute approximate surface area is 123 Å². The molecule has 1 heterocycles. The summed E-state index contributed by atoms with van der Waals surface area (Å²) in [6, 6.07) is 8.85. The van der Waals surface area contributed by atoms with E-state index in [1.165, 1.54) is 12.3 Å². The minimum absolute atomic E-state index is 0.293. The number of hydrogen-bond acceptors (Lipinski definition) is 3. The van der Waals surface area contributed by atoms with Crippen molar-refractivity contribution in [1.29, 1.82) is 0 Å². The lowest BCUT2D eigenvalue weighted by atomic mass is 10.1. The highest BCUT2D eigenvalue weighted by molar-refractivity contribution is 6.30. The lowest BCUT2D eigenvalue weighted by Crippen LogP contribution is -2.26. The van der Waals surface area contributed by atoms with E-state index in [1.807, 2.05) is 36.1 Å². The molecule has 3 nitrogen and oxygen atoms in total. The summed E-state index contributed by atoms with van der Waals surface area (Å²) in [4.78, 5) is 5.97. The smallest absolute Gasteiger partial charge is 0.167 e. The third-order valence-corrected chi connectivity index (χ3v) is 3.20. The minimum atomic E-state index is -0.416. The molecule has 0 bridgehead atoms. The van der Waals surface area contributed by atoms with Crippen molar-refractivity contribution >= 4 is 23.1 Å². The zero-order valence-corrected chi connectivity index (χ0v) is 12.1. The van der Waals surface area contributed by atoms with Gasteiger partial charge < -0.3 is 10.6 Å². The second-order valence-corrected chi connectivity index (χ2v) is 5.02. The molecule has 0 aliphatic carbocycles.